The highest BCUT2D eigenvalue weighted by Gasteiger charge is 2.14. The van der Waals surface area contributed by atoms with E-state index in [1.807, 2.05) is 5.38 Å². The molecule has 166 valence electrons. The van der Waals surface area contributed by atoms with Crippen LogP contribution in [0.15, 0.2) is 60.0 Å². The Balaban J connectivity index is 1.50. The number of rotatable bonds is 9. The van der Waals surface area contributed by atoms with Gasteiger partial charge in [0.2, 0.25) is 0 Å². The first kappa shape index (κ1) is 22.8. The Morgan fingerprint density at radius 1 is 0.844 bits per heavy atom. The molecule has 8 nitrogen and oxygen atoms in total. The summed E-state index contributed by atoms with van der Waals surface area (Å²) in [5, 5.41) is 10.1. The van der Waals surface area contributed by atoms with Crippen LogP contribution in [0, 0.1) is 0 Å². The van der Waals surface area contributed by atoms with Gasteiger partial charge >= 0.3 is 0 Å². The lowest BCUT2D eigenvalue weighted by atomic mass is 10.1. The van der Waals surface area contributed by atoms with E-state index in [-0.39, 0.29) is 17.7 Å². The second kappa shape index (κ2) is 11.0. The van der Waals surface area contributed by atoms with Crippen LogP contribution in [0.1, 0.15) is 30.4 Å². The van der Waals surface area contributed by atoms with Gasteiger partial charge in [0.1, 0.15) is 11.5 Å². The highest BCUT2D eigenvalue weighted by Crippen LogP contribution is 2.25. The molecule has 0 aliphatic rings. The number of carbonyl (C=O) groups is 3. The zero-order valence-electron chi connectivity index (χ0n) is 17.6. The van der Waals surface area contributed by atoms with Crippen molar-refractivity contribution in [3.63, 3.8) is 0 Å². The van der Waals surface area contributed by atoms with Crippen LogP contribution in [0.4, 0.5) is 5.69 Å². The molecule has 1 heterocycles. The summed E-state index contributed by atoms with van der Waals surface area (Å²) in [6, 6.07) is 15.0. The highest BCUT2D eigenvalue weighted by atomic mass is 32.1. The minimum atomic E-state index is -0.344. The average Bonchev–Trinajstić information content (AvgIpc) is 3.36. The van der Waals surface area contributed by atoms with Crippen LogP contribution in [0.25, 0.3) is 0 Å². The number of anilines is 1. The Bertz CT molecular complexity index is 1080. The molecule has 1 aromatic heterocycles. The van der Waals surface area contributed by atoms with Crippen LogP contribution in [0.2, 0.25) is 0 Å². The van der Waals surface area contributed by atoms with E-state index in [2.05, 4.69) is 16.0 Å². The molecule has 0 radical (unpaired) electrons. The Morgan fingerprint density at radius 3 is 2.19 bits per heavy atom. The van der Waals surface area contributed by atoms with E-state index in [0.29, 0.717) is 46.3 Å². The number of ether oxygens (including phenoxy) is 2. The van der Waals surface area contributed by atoms with Crippen LogP contribution in [0.3, 0.4) is 0 Å². The molecule has 2 aromatic carbocycles. The standard InChI is InChI=1S/C23H23N3O5S/c1-30-17-9-10-18(19(14-17)31-2)22(28)26-16-7-5-15(6-8-16)21(27)24-11-12-25-23(29)20-4-3-13-32-20/h3-10,13-14H,11-12H2,1-2H3,(H,24,27)(H,25,29)(H,26,28). The summed E-state index contributed by atoms with van der Waals surface area (Å²) in [7, 11) is 3.01. The van der Waals surface area contributed by atoms with Crippen molar-refractivity contribution in [3.8, 4) is 11.5 Å². The maximum absolute atomic E-state index is 12.6. The second-order valence-corrected chi connectivity index (χ2v) is 7.53. The third-order valence-electron chi connectivity index (χ3n) is 4.50. The minimum Gasteiger partial charge on any atom is -0.497 e. The minimum absolute atomic E-state index is 0.164. The van der Waals surface area contributed by atoms with Gasteiger partial charge in [-0.3, -0.25) is 14.4 Å². The zero-order chi connectivity index (χ0) is 22.9. The first-order valence-electron chi connectivity index (χ1n) is 9.75. The molecule has 3 aromatic rings. The molecular weight excluding hydrogens is 430 g/mol. The van der Waals surface area contributed by atoms with E-state index in [4.69, 9.17) is 9.47 Å². The molecule has 0 aliphatic heterocycles. The van der Waals surface area contributed by atoms with Gasteiger partial charge in [0.25, 0.3) is 17.7 Å². The molecule has 0 spiro atoms. The van der Waals surface area contributed by atoms with Crippen LogP contribution >= 0.6 is 11.3 Å². The van der Waals surface area contributed by atoms with Crippen LogP contribution in [-0.2, 0) is 0 Å². The lowest BCUT2D eigenvalue weighted by molar-refractivity contribution is 0.0929. The van der Waals surface area contributed by atoms with Crippen LogP contribution < -0.4 is 25.4 Å². The van der Waals surface area contributed by atoms with Crippen molar-refractivity contribution >= 4 is 34.7 Å². The number of amides is 3. The maximum Gasteiger partial charge on any atom is 0.261 e. The van der Waals surface area contributed by atoms with Crippen molar-refractivity contribution in [1.82, 2.24) is 10.6 Å². The molecule has 0 fully saturated rings. The molecular formula is C23H23N3O5S. The maximum atomic E-state index is 12.6. The fraction of sp³-hybridized carbons (Fsp3) is 0.174. The van der Waals surface area contributed by atoms with Gasteiger partial charge in [-0.15, -0.1) is 11.3 Å². The monoisotopic (exact) mass is 453 g/mol. The summed E-state index contributed by atoms with van der Waals surface area (Å²) in [6.07, 6.45) is 0. The van der Waals surface area contributed by atoms with Gasteiger partial charge in [0.15, 0.2) is 0 Å². The molecule has 32 heavy (non-hydrogen) atoms. The number of hydrogen-bond acceptors (Lipinski definition) is 6. The Labute approximate surface area is 189 Å². The second-order valence-electron chi connectivity index (χ2n) is 6.59. The van der Waals surface area contributed by atoms with Gasteiger partial charge in [-0.1, -0.05) is 6.07 Å². The number of hydrogen-bond donors (Lipinski definition) is 3. The number of nitrogens with one attached hydrogen (secondary N) is 3. The van der Waals surface area contributed by atoms with E-state index in [1.165, 1.54) is 25.6 Å². The summed E-state index contributed by atoms with van der Waals surface area (Å²) in [5.74, 6) is 0.194. The quantitative estimate of drug-likeness (QED) is 0.432. The van der Waals surface area contributed by atoms with E-state index in [0.717, 1.165) is 0 Å². The summed E-state index contributed by atoms with van der Waals surface area (Å²) in [6.45, 7) is 0.617. The smallest absolute Gasteiger partial charge is 0.261 e. The fourth-order valence-corrected chi connectivity index (χ4v) is 3.48. The number of methoxy groups -OCH3 is 2. The first-order valence-corrected chi connectivity index (χ1v) is 10.6. The van der Waals surface area contributed by atoms with Crippen LogP contribution in [0.5, 0.6) is 11.5 Å². The summed E-state index contributed by atoms with van der Waals surface area (Å²) < 4.78 is 10.4. The van der Waals surface area contributed by atoms with Gasteiger partial charge in [-0.2, -0.15) is 0 Å². The van der Waals surface area contributed by atoms with Gasteiger partial charge < -0.3 is 25.4 Å². The topological polar surface area (TPSA) is 106 Å². The van der Waals surface area contributed by atoms with Crippen LogP contribution in [-0.4, -0.2) is 45.0 Å². The zero-order valence-corrected chi connectivity index (χ0v) is 18.5. The first-order chi connectivity index (χ1) is 15.5. The molecule has 0 saturated carbocycles. The summed E-state index contributed by atoms with van der Waals surface area (Å²) in [4.78, 5) is 37.3. The molecule has 3 amide bonds. The molecule has 3 N–H and O–H groups in total. The Hall–Kier alpha value is -3.85. The van der Waals surface area contributed by atoms with E-state index < -0.39 is 0 Å². The van der Waals surface area contributed by atoms with Crippen molar-refractivity contribution < 1.29 is 23.9 Å². The Morgan fingerprint density at radius 2 is 1.56 bits per heavy atom. The Kier molecular flexibility index (Phi) is 7.82. The third-order valence-corrected chi connectivity index (χ3v) is 5.37. The lowest BCUT2D eigenvalue weighted by Crippen LogP contribution is -2.34. The SMILES string of the molecule is COc1ccc(C(=O)Nc2ccc(C(=O)NCCNC(=O)c3cccs3)cc2)c(OC)c1. The van der Waals surface area contributed by atoms with Crippen molar-refractivity contribution in [1.29, 1.82) is 0 Å². The van der Waals surface area contributed by atoms with Crippen molar-refractivity contribution in [2.45, 2.75) is 0 Å². The van der Waals surface area contributed by atoms with E-state index >= 15 is 0 Å². The highest BCUT2D eigenvalue weighted by molar-refractivity contribution is 7.12. The van der Waals surface area contributed by atoms with Gasteiger partial charge in [-0.05, 0) is 47.8 Å². The van der Waals surface area contributed by atoms with Gasteiger partial charge in [0, 0.05) is 30.4 Å². The number of benzene rings is 2. The lowest BCUT2D eigenvalue weighted by Gasteiger charge is -2.11. The predicted octanol–water partition coefficient (Wildman–Crippen LogP) is 3.18. The summed E-state index contributed by atoms with van der Waals surface area (Å²) >= 11 is 1.36. The number of thiophene rings is 1. The fourth-order valence-electron chi connectivity index (χ4n) is 2.84. The third kappa shape index (κ3) is 5.86. The molecule has 0 atom stereocenters. The molecule has 0 bridgehead atoms. The molecule has 0 unspecified atom stereocenters. The van der Waals surface area contributed by atoms with E-state index in [9.17, 15) is 14.4 Å². The average molecular weight is 454 g/mol. The normalized spacial score (nSPS) is 10.2. The predicted molar refractivity (Wildman–Crippen MR) is 123 cm³/mol. The molecule has 9 heteroatoms. The van der Waals surface area contributed by atoms with Crippen molar-refractivity contribution in [3.05, 3.63) is 76.0 Å². The van der Waals surface area contributed by atoms with Crippen molar-refractivity contribution in [2.75, 3.05) is 32.6 Å². The molecule has 3 rings (SSSR count). The summed E-state index contributed by atoms with van der Waals surface area (Å²) in [5.41, 5.74) is 1.34. The van der Waals surface area contributed by atoms with Crippen molar-refractivity contribution in [2.24, 2.45) is 0 Å². The molecule has 0 aliphatic carbocycles. The van der Waals surface area contributed by atoms with E-state index in [1.54, 1.807) is 54.6 Å². The largest absolute Gasteiger partial charge is 0.497 e. The molecule has 0 saturated heterocycles. The number of carbonyl (C=O) groups excluding carboxylic acids is 3. The van der Waals surface area contributed by atoms with Gasteiger partial charge in [-0.25, -0.2) is 0 Å². The van der Waals surface area contributed by atoms with Gasteiger partial charge in [0.05, 0.1) is 24.7 Å².